The van der Waals surface area contributed by atoms with Crippen LogP contribution in [0.3, 0.4) is 0 Å². The zero-order valence-corrected chi connectivity index (χ0v) is 12.6. The second-order valence-corrected chi connectivity index (χ2v) is 5.76. The number of nitrogens with zero attached hydrogens (tertiary/aromatic N) is 4. The van der Waals surface area contributed by atoms with Crippen molar-refractivity contribution in [2.24, 2.45) is 0 Å². The van der Waals surface area contributed by atoms with Crippen LogP contribution in [0.4, 0.5) is 4.79 Å². The lowest BCUT2D eigenvalue weighted by Gasteiger charge is -2.39. The van der Waals surface area contributed by atoms with Crippen LogP contribution in [0.15, 0.2) is 24.4 Å². The van der Waals surface area contributed by atoms with Crippen LogP contribution in [0.5, 0.6) is 0 Å². The van der Waals surface area contributed by atoms with Gasteiger partial charge in [0.1, 0.15) is 6.04 Å². The van der Waals surface area contributed by atoms with Crippen LogP contribution >= 0.6 is 0 Å². The van der Waals surface area contributed by atoms with E-state index in [0.717, 1.165) is 10.6 Å². The molecule has 3 heterocycles. The summed E-state index contributed by atoms with van der Waals surface area (Å²) in [6, 6.07) is 4.70. The zero-order chi connectivity index (χ0) is 15.9. The van der Waals surface area contributed by atoms with Crippen LogP contribution in [-0.4, -0.2) is 70.8 Å². The molecule has 1 aromatic heterocycles. The van der Waals surface area contributed by atoms with E-state index in [1.807, 2.05) is 18.2 Å². The summed E-state index contributed by atoms with van der Waals surface area (Å²) in [5, 5.41) is 0. The van der Waals surface area contributed by atoms with E-state index in [2.05, 4.69) is 4.98 Å². The number of likely N-dealkylation sites (N-methyl/N-ethyl adjacent to an activating group) is 2. The Hall–Kier alpha value is -2.44. The van der Waals surface area contributed by atoms with E-state index in [9.17, 15) is 14.4 Å². The summed E-state index contributed by atoms with van der Waals surface area (Å²) in [6.07, 6.45) is 1.79. The van der Waals surface area contributed by atoms with Crippen LogP contribution in [0.2, 0.25) is 0 Å². The van der Waals surface area contributed by atoms with Crippen molar-refractivity contribution in [3.63, 3.8) is 0 Å². The molecule has 2 aliphatic rings. The normalized spacial score (nSPS) is 22.3. The molecule has 7 nitrogen and oxygen atoms in total. The fraction of sp³-hybridized carbons (Fsp3) is 0.467. The lowest BCUT2D eigenvalue weighted by Crippen LogP contribution is -2.50. The molecular formula is C15H18N4O3. The van der Waals surface area contributed by atoms with Crippen molar-refractivity contribution in [1.29, 1.82) is 0 Å². The minimum atomic E-state index is -0.682. The molecule has 2 aliphatic heterocycles. The topological polar surface area (TPSA) is 73.8 Å². The monoisotopic (exact) mass is 302 g/mol. The van der Waals surface area contributed by atoms with Gasteiger partial charge in [-0.05, 0) is 12.1 Å². The predicted octanol–water partition coefficient (Wildman–Crippen LogP) is 0.290. The van der Waals surface area contributed by atoms with Crippen molar-refractivity contribution in [1.82, 2.24) is 19.7 Å². The number of hydrogen-bond acceptors (Lipinski definition) is 4. The maximum absolute atomic E-state index is 12.3. The molecule has 1 aromatic rings. The first-order valence-corrected chi connectivity index (χ1v) is 7.22. The minimum Gasteiger partial charge on any atom is -0.341 e. The lowest BCUT2D eigenvalue weighted by atomic mass is 9.95. The largest absolute Gasteiger partial charge is 0.341 e. The van der Waals surface area contributed by atoms with E-state index < -0.39 is 6.04 Å². The van der Waals surface area contributed by atoms with Gasteiger partial charge in [0.2, 0.25) is 5.91 Å². The summed E-state index contributed by atoms with van der Waals surface area (Å²) < 4.78 is 0. The molecule has 1 unspecified atom stereocenters. The first kappa shape index (κ1) is 14.5. The van der Waals surface area contributed by atoms with E-state index in [-0.39, 0.29) is 30.2 Å². The third-order valence-corrected chi connectivity index (χ3v) is 4.38. The fourth-order valence-corrected chi connectivity index (χ4v) is 2.86. The number of carbonyl (C=O) groups excluding carboxylic acids is 3. The maximum atomic E-state index is 12.3. The first-order valence-electron chi connectivity index (χ1n) is 7.22. The van der Waals surface area contributed by atoms with Gasteiger partial charge in [-0.15, -0.1) is 0 Å². The van der Waals surface area contributed by atoms with Crippen LogP contribution in [-0.2, 0) is 9.59 Å². The third-order valence-electron chi connectivity index (χ3n) is 4.38. The molecule has 7 heteroatoms. The van der Waals surface area contributed by atoms with Gasteiger partial charge >= 0.3 is 6.03 Å². The van der Waals surface area contributed by atoms with Gasteiger partial charge in [0.25, 0.3) is 5.91 Å². The number of aromatic nitrogens is 1. The molecule has 0 radical (unpaired) electrons. The summed E-state index contributed by atoms with van der Waals surface area (Å²) >= 11 is 0. The van der Waals surface area contributed by atoms with E-state index >= 15 is 0 Å². The van der Waals surface area contributed by atoms with Crippen LogP contribution in [0, 0.1) is 0 Å². The second-order valence-electron chi connectivity index (χ2n) is 5.76. The molecule has 0 N–H and O–H groups in total. The third kappa shape index (κ3) is 2.32. The van der Waals surface area contributed by atoms with E-state index in [0.29, 0.717) is 13.1 Å². The highest BCUT2D eigenvalue weighted by Crippen LogP contribution is 2.27. The maximum Gasteiger partial charge on any atom is 0.326 e. The smallest absolute Gasteiger partial charge is 0.326 e. The van der Waals surface area contributed by atoms with Crippen LogP contribution in [0.25, 0.3) is 0 Å². The van der Waals surface area contributed by atoms with Crippen molar-refractivity contribution in [2.75, 3.05) is 27.2 Å². The molecule has 2 fully saturated rings. The van der Waals surface area contributed by atoms with E-state index in [4.69, 9.17) is 0 Å². The van der Waals surface area contributed by atoms with E-state index in [1.165, 1.54) is 11.9 Å². The van der Waals surface area contributed by atoms with Gasteiger partial charge in [-0.1, -0.05) is 6.07 Å². The Morgan fingerprint density at radius 3 is 2.55 bits per heavy atom. The Kier molecular flexibility index (Phi) is 3.56. The lowest BCUT2D eigenvalue weighted by molar-refractivity contribution is -0.139. The average Bonchev–Trinajstić information content (AvgIpc) is 2.65. The second kappa shape index (κ2) is 5.40. The van der Waals surface area contributed by atoms with Crippen molar-refractivity contribution < 1.29 is 14.4 Å². The molecule has 116 valence electrons. The Bertz CT molecular complexity index is 612. The number of pyridine rings is 1. The number of imide groups is 1. The van der Waals surface area contributed by atoms with Gasteiger partial charge in [0.15, 0.2) is 0 Å². The van der Waals surface area contributed by atoms with Gasteiger partial charge in [-0.3, -0.25) is 19.5 Å². The standard InChI is InChI=1S/C15H18N4O3/c1-17-12(14(21)18(2)15(17)22)7-13(20)19-8-10(9-19)11-5-3-4-6-16-11/h3-6,10,12H,7-9H2,1-2H3. The minimum absolute atomic E-state index is 0.0420. The van der Waals surface area contributed by atoms with Crippen molar-refractivity contribution in [2.45, 2.75) is 18.4 Å². The van der Waals surface area contributed by atoms with Crippen LogP contribution in [0.1, 0.15) is 18.0 Å². The molecule has 0 aromatic carbocycles. The molecular weight excluding hydrogens is 284 g/mol. The number of likely N-dealkylation sites (tertiary alicyclic amines) is 1. The number of rotatable bonds is 3. The number of amides is 4. The highest BCUT2D eigenvalue weighted by atomic mass is 16.2. The Morgan fingerprint density at radius 1 is 1.27 bits per heavy atom. The van der Waals surface area contributed by atoms with Gasteiger partial charge < -0.3 is 9.80 Å². The van der Waals surface area contributed by atoms with Gasteiger partial charge in [-0.2, -0.15) is 0 Å². The average molecular weight is 302 g/mol. The molecule has 1 atom stereocenters. The van der Waals surface area contributed by atoms with E-state index in [1.54, 1.807) is 18.1 Å². The summed E-state index contributed by atoms with van der Waals surface area (Å²) in [6.45, 7) is 1.23. The molecule has 2 saturated heterocycles. The predicted molar refractivity (Wildman–Crippen MR) is 77.9 cm³/mol. The molecule has 4 amide bonds. The highest BCUT2D eigenvalue weighted by Gasteiger charge is 2.43. The van der Waals surface area contributed by atoms with Crippen LogP contribution < -0.4 is 0 Å². The van der Waals surface area contributed by atoms with Gasteiger partial charge in [-0.25, -0.2) is 4.79 Å². The zero-order valence-electron chi connectivity index (χ0n) is 12.6. The summed E-state index contributed by atoms with van der Waals surface area (Å²) in [5.41, 5.74) is 0.982. The number of hydrogen-bond donors (Lipinski definition) is 0. The first-order chi connectivity index (χ1) is 10.5. The van der Waals surface area contributed by atoms with Gasteiger partial charge in [0, 0.05) is 45.0 Å². The Morgan fingerprint density at radius 2 is 2.00 bits per heavy atom. The Labute approximate surface area is 128 Å². The van der Waals surface area contributed by atoms with Crippen molar-refractivity contribution in [3.8, 4) is 0 Å². The summed E-state index contributed by atoms with van der Waals surface area (Å²) in [7, 11) is 2.99. The summed E-state index contributed by atoms with van der Waals surface area (Å²) in [4.78, 5) is 44.3. The van der Waals surface area contributed by atoms with Gasteiger partial charge in [0.05, 0.1) is 6.42 Å². The fourth-order valence-electron chi connectivity index (χ4n) is 2.86. The SMILES string of the molecule is CN1C(=O)C(CC(=O)N2CC(c3ccccn3)C2)N(C)C1=O. The Balaban J connectivity index is 1.56. The quantitative estimate of drug-likeness (QED) is 0.752. The highest BCUT2D eigenvalue weighted by molar-refractivity contribution is 6.05. The molecule has 0 spiro atoms. The molecule has 22 heavy (non-hydrogen) atoms. The summed E-state index contributed by atoms with van der Waals surface area (Å²) in [5.74, 6) is -0.158. The molecule has 3 rings (SSSR count). The molecule has 0 aliphatic carbocycles. The molecule has 0 bridgehead atoms. The number of urea groups is 1. The molecule has 0 saturated carbocycles. The van der Waals surface area contributed by atoms with Crippen molar-refractivity contribution in [3.05, 3.63) is 30.1 Å². The number of carbonyl (C=O) groups is 3. The van der Waals surface area contributed by atoms with Crippen molar-refractivity contribution >= 4 is 17.8 Å².